The third kappa shape index (κ3) is 11.0. The summed E-state index contributed by atoms with van der Waals surface area (Å²) in [6, 6.07) is 2.13. The normalized spacial score (nSPS) is 11.6. The number of rotatable bonds is 3. The largest absolute Gasteiger partial charge is 0.444 e. The SMILES string of the molecule is CC.CC(C#N)CCN(C)C(=O)OC(C)(C)C. The van der Waals surface area contributed by atoms with Gasteiger partial charge in [-0.2, -0.15) is 5.26 Å². The molecule has 0 aliphatic rings. The van der Waals surface area contributed by atoms with Gasteiger partial charge in [0.15, 0.2) is 0 Å². The van der Waals surface area contributed by atoms with E-state index in [2.05, 4.69) is 6.07 Å². The van der Waals surface area contributed by atoms with Crippen LogP contribution in [0.1, 0.15) is 48.0 Å². The Labute approximate surface area is 106 Å². The van der Waals surface area contributed by atoms with Crippen LogP contribution < -0.4 is 0 Å². The van der Waals surface area contributed by atoms with Gasteiger partial charge in [-0.3, -0.25) is 0 Å². The van der Waals surface area contributed by atoms with E-state index in [1.165, 1.54) is 4.90 Å². The van der Waals surface area contributed by atoms with E-state index in [-0.39, 0.29) is 12.0 Å². The van der Waals surface area contributed by atoms with E-state index < -0.39 is 5.60 Å². The number of amides is 1. The summed E-state index contributed by atoms with van der Waals surface area (Å²) in [5, 5.41) is 8.59. The van der Waals surface area contributed by atoms with Crippen LogP contribution in [-0.4, -0.2) is 30.2 Å². The first-order valence-corrected chi connectivity index (χ1v) is 6.10. The molecule has 0 saturated heterocycles. The predicted molar refractivity (Wildman–Crippen MR) is 69.6 cm³/mol. The van der Waals surface area contributed by atoms with Gasteiger partial charge in [0.2, 0.25) is 0 Å². The fraction of sp³-hybridized carbons (Fsp3) is 0.846. The van der Waals surface area contributed by atoms with E-state index >= 15 is 0 Å². The Balaban J connectivity index is 0. The van der Waals surface area contributed by atoms with Gasteiger partial charge in [-0.25, -0.2) is 4.79 Å². The van der Waals surface area contributed by atoms with Gasteiger partial charge in [-0.05, 0) is 34.1 Å². The van der Waals surface area contributed by atoms with Gasteiger partial charge in [0.25, 0.3) is 0 Å². The van der Waals surface area contributed by atoms with Crippen LogP contribution >= 0.6 is 0 Å². The topological polar surface area (TPSA) is 53.3 Å². The summed E-state index contributed by atoms with van der Waals surface area (Å²) in [7, 11) is 1.68. The van der Waals surface area contributed by atoms with Crippen LogP contribution in [0.5, 0.6) is 0 Å². The van der Waals surface area contributed by atoms with Gasteiger partial charge in [-0.15, -0.1) is 0 Å². The monoisotopic (exact) mass is 242 g/mol. The van der Waals surface area contributed by atoms with Gasteiger partial charge < -0.3 is 9.64 Å². The van der Waals surface area contributed by atoms with Crippen molar-refractivity contribution in [3.05, 3.63) is 0 Å². The zero-order valence-electron chi connectivity index (χ0n) is 12.2. The molecule has 4 nitrogen and oxygen atoms in total. The molecule has 0 aromatic carbocycles. The Bertz CT molecular complexity index is 251. The van der Waals surface area contributed by atoms with Crippen molar-refractivity contribution in [2.24, 2.45) is 5.92 Å². The Hall–Kier alpha value is -1.24. The van der Waals surface area contributed by atoms with E-state index in [1.807, 2.05) is 41.5 Å². The minimum Gasteiger partial charge on any atom is -0.444 e. The molecule has 0 N–H and O–H groups in total. The number of ether oxygens (including phenoxy) is 1. The van der Waals surface area contributed by atoms with Crippen LogP contribution in [0.4, 0.5) is 4.79 Å². The minimum absolute atomic E-state index is 0.0325. The van der Waals surface area contributed by atoms with Crippen LogP contribution in [0.2, 0.25) is 0 Å². The standard InChI is InChI=1S/C11H20N2O2.C2H6/c1-9(8-12)6-7-13(5)10(14)15-11(2,3)4;1-2/h9H,6-7H2,1-5H3;1-2H3. The third-order valence-corrected chi connectivity index (χ3v) is 1.82. The number of nitriles is 1. The van der Waals surface area contributed by atoms with E-state index in [9.17, 15) is 4.79 Å². The second-order valence-corrected chi connectivity index (χ2v) is 4.72. The maximum absolute atomic E-state index is 11.5. The molecule has 0 aliphatic heterocycles. The summed E-state index contributed by atoms with van der Waals surface area (Å²) < 4.78 is 5.17. The van der Waals surface area contributed by atoms with Crippen LogP contribution in [-0.2, 0) is 4.74 Å². The second-order valence-electron chi connectivity index (χ2n) is 4.72. The van der Waals surface area contributed by atoms with E-state index in [0.717, 1.165) is 0 Å². The summed E-state index contributed by atoms with van der Waals surface area (Å²) in [5.74, 6) is -0.0325. The second kappa shape index (κ2) is 8.86. The molecule has 0 aliphatic carbocycles. The van der Waals surface area contributed by atoms with Crippen molar-refractivity contribution in [1.82, 2.24) is 4.90 Å². The average Bonchev–Trinajstić information content (AvgIpc) is 2.25. The Kier molecular flexibility index (Phi) is 9.45. The summed E-state index contributed by atoms with van der Waals surface area (Å²) in [6.07, 6.45) is 0.333. The number of hydrogen-bond donors (Lipinski definition) is 0. The van der Waals surface area contributed by atoms with Crippen molar-refractivity contribution in [3.8, 4) is 6.07 Å². The van der Waals surface area contributed by atoms with Crippen LogP contribution in [0, 0.1) is 17.2 Å². The summed E-state index contributed by atoms with van der Waals surface area (Å²) in [6.45, 7) is 11.9. The number of carbonyl (C=O) groups is 1. The van der Waals surface area contributed by atoms with Crippen molar-refractivity contribution in [1.29, 1.82) is 5.26 Å². The van der Waals surface area contributed by atoms with Crippen LogP contribution in [0.3, 0.4) is 0 Å². The average molecular weight is 242 g/mol. The number of hydrogen-bond acceptors (Lipinski definition) is 3. The lowest BCUT2D eigenvalue weighted by molar-refractivity contribution is 0.0294. The first-order chi connectivity index (χ1) is 7.76. The molecule has 0 rings (SSSR count). The molecule has 0 bridgehead atoms. The Morgan fingerprint density at radius 1 is 1.41 bits per heavy atom. The first-order valence-electron chi connectivity index (χ1n) is 6.10. The quantitative estimate of drug-likeness (QED) is 0.762. The van der Waals surface area contributed by atoms with Crippen molar-refractivity contribution >= 4 is 6.09 Å². The number of carbonyl (C=O) groups excluding carboxylic acids is 1. The van der Waals surface area contributed by atoms with Crippen LogP contribution in [0.15, 0.2) is 0 Å². The summed E-state index contributed by atoms with van der Waals surface area (Å²) >= 11 is 0. The highest BCUT2D eigenvalue weighted by atomic mass is 16.6. The summed E-state index contributed by atoms with van der Waals surface area (Å²) in [4.78, 5) is 13.0. The number of nitrogens with zero attached hydrogens (tertiary/aromatic N) is 2. The van der Waals surface area contributed by atoms with Crippen molar-refractivity contribution in [2.45, 2.75) is 53.6 Å². The molecular weight excluding hydrogens is 216 g/mol. The lowest BCUT2D eigenvalue weighted by atomic mass is 10.1. The van der Waals surface area contributed by atoms with Crippen LogP contribution in [0.25, 0.3) is 0 Å². The van der Waals surface area contributed by atoms with E-state index in [0.29, 0.717) is 13.0 Å². The molecule has 1 amide bonds. The smallest absolute Gasteiger partial charge is 0.410 e. The van der Waals surface area contributed by atoms with Gasteiger partial charge >= 0.3 is 6.09 Å². The van der Waals surface area contributed by atoms with Gasteiger partial charge in [0, 0.05) is 19.5 Å². The van der Waals surface area contributed by atoms with E-state index in [1.54, 1.807) is 7.05 Å². The zero-order valence-corrected chi connectivity index (χ0v) is 12.2. The molecule has 1 atom stereocenters. The van der Waals surface area contributed by atoms with Gasteiger partial charge in [-0.1, -0.05) is 13.8 Å². The maximum atomic E-state index is 11.5. The molecule has 0 radical (unpaired) electrons. The molecule has 0 saturated carbocycles. The molecule has 4 heteroatoms. The lowest BCUT2D eigenvalue weighted by Gasteiger charge is -2.24. The molecular formula is C13H26N2O2. The molecule has 0 heterocycles. The van der Waals surface area contributed by atoms with Crippen molar-refractivity contribution < 1.29 is 9.53 Å². The first kappa shape index (κ1) is 18.1. The molecule has 1 unspecified atom stereocenters. The van der Waals surface area contributed by atoms with E-state index in [4.69, 9.17) is 10.00 Å². The molecule has 0 aromatic rings. The van der Waals surface area contributed by atoms with Crippen molar-refractivity contribution in [3.63, 3.8) is 0 Å². The fourth-order valence-electron chi connectivity index (χ4n) is 0.883. The molecule has 0 fully saturated rings. The Morgan fingerprint density at radius 2 is 1.88 bits per heavy atom. The highest BCUT2D eigenvalue weighted by molar-refractivity contribution is 5.67. The molecule has 100 valence electrons. The minimum atomic E-state index is -0.466. The van der Waals surface area contributed by atoms with Gasteiger partial charge in [0.1, 0.15) is 5.60 Å². The predicted octanol–water partition coefficient (Wildman–Crippen LogP) is 3.43. The highest BCUT2D eigenvalue weighted by Crippen LogP contribution is 2.10. The lowest BCUT2D eigenvalue weighted by Crippen LogP contribution is -2.35. The van der Waals surface area contributed by atoms with Gasteiger partial charge in [0.05, 0.1) is 6.07 Å². The summed E-state index contributed by atoms with van der Waals surface area (Å²) in [5.41, 5.74) is -0.466. The highest BCUT2D eigenvalue weighted by Gasteiger charge is 2.19. The maximum Gasteiger partial charge on any atom is 0.410 e. The Morgan fingerprint density at radius 3 is 2.24 bits per heavy atom. The molecule has 0 aromatic heterocycles. The third-order valence-electron chi connectivity index (χ3n) is 1.82. The zero-order chi connectivity index (χ0) is 14.1. The van der Waals surface area contributed by atoms with Crippen molar-refractivity contribution in [2.75, 3.05) is 13.6 Å². The molecule has 0 spiro atoms. The molecule has 17 heavy (non-hydrogen) atoms. The fourth-order valence-corrected chi connectivity index (χ4v) is 0.883.